The Bertz CT molecular complexity index is 884. The normalized spacial score (nSPS) is 12.2. The summed E-state index contributed by atoms with van der Waals surface area (Å²) in [6.45, 7) is 1.86. The lowest BCUT2D eigenvalue weighted by Gasteiger charge is -2.14. The van der Waals surface area contributed by atoms with Crippen molar-refractivity contribution < 1.29 is 14.7 Å². The number of fused-ring (bicyclic) bond motifs is 1. The number of aliphatic carboxylic acids is 1. The van der Waals surface area contributed by atoms with Crippen LogP contribution in [0.25, 0.3) is 10.9 Å². The van der Waals surface area contributed by atoms with Crippen LogP contribution in [0.2, 0.25) is 0 Å². The zero-order valence-electron chi connectivity index (χ0n) is 13.1. The summed E-state index contributed by atoms with van der Waals surface area (Å²) in [5, 5.41) is 15.7. The summed E-state index contributed by atoms with van der Waals surface area (Å²) in [5.74, 6) is -1.39. The zero-order valence-corrected chi connectivity index (χ0v) is 13.9. The number of carboxylic acids is 1. The number of carbonyl (C=O) groups excluding carboxylic acids is 1. The molecule has 0 aliphatic rings. The van der Waals surface area contributed by atoms with Crippen LogP contribution in [0.1, 0.15) is 16.3 Å². The molecule has 3 N–H and O–H groups in total. The van der Waals surface area contributed by atoms with Crippen LogP contribution in [-0.2, 0) is 22.4 Å². The molecule has 124 valence electrons. The molecule has 3 aromatic rings. The standard InChI is InChI=1S/C17H17N3O3S/c1-10-19-12(9-24-10)7-16(21)20-15(17(22)23)6-11-8-18-14-5-3-2-4-13(11)14/h2-5,8-9,15,18H,6-7H2,1H3,(H,20,21)(H,22,23). The van der Waals surface area contributed by atoms with Gasteiger partial charge in [0.2, 0.25) is 5.91 Å². The molecule has 1 amide bonds. The first-order chi connectivity index (χ1) is 11.5. The molecule has 0 saturated heterocycles. The van der Waals surface area contributed by atoms with Crippen molar-refractivity contribution in [2.24, 2.45) is 0 Å². The molecular formula is C17H17N3O3S. The molecule has 0 saturated carbocycles. The van der Waals surface area contributed by atoms with Gasteiger partial charge in [-0.2, -0.15) is 0 Å². The van der Waals surface area contributed by atoms with Crippen molar-refractivity contribution in [3.63, 3.8) is 0 Å². The Morgan fingerprint density at radius 1 is 1.38 bits per heavy atom. The number of hydrogen-bond acceptors (Lipinski definition) is 4. The Labute approximate surface area is 142 Å². The molecule has 1 atom stereocenters. The molecular weight excluding hydrogens is 326 g/mol. The van der Waals surface area contributed by atoms with Crippen LogP contribution < -0.4 is 5.32 Å². The van der Waals surface area contributed by atoms with E-state index in [1.807, 2.05) is 36.6 Å². The second-order valence-corrected chi connectivity index (χ2v) is 6.62. The summed E-state index contributed by atoms with van der Waals surface area (Å²) in [5.41, 5.74) is 2.47. The largest absolute Gasteiger partial charge is 0.480 e. The number of aromatic nitrogens is 2. The molecule has 0 aliphatic heterocycles. The number of carboxylic acid groups (broad SMARTS) is 1. The van der Waals surface area contributed by atoms with Crippen molar-refractivity contribution in [1.29, 1.82) is 0 Å². The first kappa shape index (κ1) is 16.2. The van der Waals surface area contributed by atoms with Crippen molar-refractivity contribution in [2.45, 2.75) is 25.8 Å². The number of hydrogen-bond donors (Lipinski definition) is 3. The van der Waals surface area contributed by atoms with Crippen molar-refractivity contribution in [3.8, 4) is 0 Å². The number of thiazole rings is 1. The third-order valence-electron chi connectivity index (χ3n) is 3.74. The Balaban J connectivity index is 1.70. The molecule has 6 nitrogen and oxygen atoms in total. The van der Waals surface area contributed by atoms with Crippen LogP contribution in [0.15, 0.2) is 35.8 Å². The molecule has 0 radical (unpaired) electrons. The zero-order chi connectivity index (χ0) is 17.1. The molecule has 7 heteroatoms. The third kappa shape index (κ3) is 3.62. The summed E-state index contributed by atoms with van der Waals surface area (Å²) in [6.07, 6.45) is 2.10. The maximum absolute atomic E-state index is 12.1. The van der Waals surface area contributed by atoms with Gasteiger partial charge in [0.25, 0.3) is 0 Å². The molecule has 0 bridgehead atoms. The van der Waals surface area contributed by atoms with Crippen molar-refractivity contribution in [1.82, 2.24) is 15.3 Å². The minimum Gasteiger partial charge on any atom is -0.480 e. The lowest BCUT2D eigenvalue weighted by atomic mass is 10.0. The summed E-state index contributed by atoms with van der Waals surface area (Å²) in [6, 6.07) is 6.70. The van der Waals surface area contributed by atoms with Gasteiger partial charge < -0.3 is 15.4 Å². The summed E-state index contributed by atoms with van der Waals surface area (Å²) in [7, 11) is 0. The van der Waals surface area contributed by atoms with E-state index >= 15 is 0 Å². The Morgan fingerprint density at radius 2 is 2.17 bits per heavy atom. The number of aryl methyl sites for hydroxylation is 1. The number of para-hydroxylation sites is 1. The number of nitrogens with zero attached hydrogens (tertiary/aromatic N) is 1. The van der Waals surface area contributed by atoms with Crippen molar-refractivity contribution in [2.75, 3.05) is 0 Å². The monoisotopic (exact) mass is 343 g/mol. The second-order valence-electron chi connectivity index (χ2n) is 5.56. The van der Waals surface area contributed by atoms with Crippen LogP contribution in [0.4, 0.5) is 0 Å². The van der Waals surface area contributed by atoms with Gasteiger partial charge in [0, 0.05) is 28.9 Å². The van der Waals surface area contributed by atoms with Gasteiger partial charge in [-0.15, -0.1) is 11.3 Å². The molecule has 0 spiro atoms. The van der Waals surface area contributed by atoms with Gasteiger partial charge in [-0.3, -0.25) is 4.79 Å². The maximum atomic E-state index is 12.1. The van der Waals surface area contributed by atoms with E-state index in [1.54, 1.807) is 6.20 Å². The number of H-pyrrole nitrogens is 1. The highest BCUT2D eigenvalue weighted by Crippen LogP contribution is 2.19. The van der Waals surface area contributed by atoms with Crippen molar-refractivity contribution in [3.05, 3.63) is 52.1 Å². The quantitative estimate of drug-likeness (QED) is 0.640. The average Bonchev–Trinajstić information content (AvgIpc) is 3.13. The highest BCUT2D eigenvalue weighted by molar-refractivity contribution is 7.09. The lowest BCUT2D eigenvalue weighted by molar-refractivity contribution is -0.141. The Morgan fingerprint density at radius 3 is 2.88 bits per heavy atom. The van der Waals surface area contributed by atoms with Crippen LogP contribution in [0.3, 0.4) is 0 Å². The highest BCUT2D eigenvalue weighted by atomic mass is 32.1. The number of benzene rings is 1. The van der Waals surface area contributed by atoms with Gasteiger partial charge in [-0.05, 0) is 18.6 Å². The van der Waals surface area contributed by atoms with Gasteiger partial charge in [-0.25, -0.2) is 9.78 Å². The molecule has 1 unspecified atom stereocenters. The molecule has 2 aromatic heterocycles. The van der Waals surface area contributed by atoms with E-state index in [2.05, 4.69) is 15.3 Å². The lowest BCUT2D eigenvalue weighted by Crippen LogP contribution is -2.43. The predicted octanol–water partition coefficient (Wildman–Crippen LogP) is 2.29. The van der Waals surface area contributed by atoms with E-state index in [-0.39, 0.29) is 18.7 Å². The van der Waals surface area contributed by atoms with Crippen molar-refractivity contribution >= 4 is 34.1 Å². The third-order valence-corrected chi connectivity index (χ3v) is 4.56. The van der Waals surface area contributed by atoms with Gasteiger partial charge in [0.05, 0.1) is 17.1 Å². The SMILES string of the molecule is Cc1nc(CC(=O)NC(Cc2c[nH]c3ccccc23)C(=O)O)cs1. The first-order valence-electron chi connectivity index (χ1n) is 7.51. The van der Waals surface area contributed by atoms with E-state index in [0.717, 1.165) is 21.5 Å². The maximum Gasteiger partial charge on any atom is 0.326 e. The average molecular weight is 343 g/mol. The summed E-state index contributed by atoms with van der Waals surface area (Å²) >= 11 is 1.47. The van der Waals surface area contributed by atoms with Crippen LogP contribution >= 0.6 is 11.3 Å². The van der Waals surface area contributed by atoms with Gasteiger partial charge in [0.15, 0.2) is 0 Å². The smallest absolute Gasteiger partial charge is 0.326 e. The number of rotatable bonds is 6. The Kier molecular flexibility index (Phi) is 4.61. The molecule has 1 aromatic carbocycles. The number of carbonyl (C=O) groups is 2. The topological polar surface area (TPSA) is 95.1 Å². The minimum absolute atomic E-state index is 0.0853. The van der Waals surface area contributed by atoms with E-state index in [0.29, 0.717) is 5.69 Å². The van der Waals surface area contributed by atoms with Gasteiger partial charge >= 0.3 is 5.97 Å². The summed E-state index contributed by atoms with van der Waals surface area (Å²) in [4.78, 5) is 31.0. The fraction of sp³-hybridized carbons (Fsp3) is 0.235. The van der Waals surface area contributed by atoms with Crippen LogP contribution in [-0.4, -0.2) is 33.0 Å². The number of amides is 1. The molecule has 2 heterocycles. The predicted molar refractivity (Wildman–Crippen MR) is 92.1 cm³/mol. The fourth-order valence-electron chi connectivity index (χ4n) is 2.62. The fourth-order valence-corrected chi connectivity index (χ4v) is 3.23. The van der Waals surface area contributed by atoms with E-state index < -0.39 is 12.0 Å². The number of nitrogens with one attached hydrogen (secondary N) is 2. The van der Waals surface area contributed by atoms with E-state index in [1.165, 1.54) is 11.3 Å². The Hall–Kier alpha value is -2.67. The van der Waals surface area contributed by atoms with Crippen LogP contribution in [0.5, 0.6) is 0 Å². The van der Waals surface area contributed by atoms with Gasteiger partial charge in [-0.1, -0.05) is 18.2 Å². The molecule has 3 rings (SSSR count). The second kappa shape index (κ2) is 6.84. The minimum atomic E-state index is -1.05. The summed E-state index contributed by atoms with van der Waals surface area (Å²) < 4.78 is 0. The van der Waals surface area contributed by atoms with Crippen LogP contribution in [0, 0.1) is 6.92 Å². The van der Waals surface area contributed by atoms with Gasteiger partial charge in [0.1, 0.15) is 6.04 Å². The highest BCUT2D eigenvalue weighted by Gasteiger charge is 2.22. The van der Waals surface area contributed by atoms with E-state index in [9.17, 15) is 14.7 Å². The van der Waals surface area contributed by atoms with E-state index in [4.69, 9.17) is 0 Å². The molecule has 0 aliphatic carbocycles. The first-order valence-corrected chi connectivity index (χ1v) is 8.39. The molecule has 24 heavy (non-hydrogen) atoms. The number of aromatic amines is 1. The molecule has 0 fully saturated rings.